The predicted octanol–water partition coefficient (Wildman–Crippen LogP) is 4.23. The number of carbonyl (C=O) groups excluding carboxylic acids is 1. The maximum atomic E-state index is 12.0. The molecule has 0 aliphatic carbocycles. The summed E-state index contributed by atoms with van der Waals surface area (Å²) >= 11 is 6.10. The molecule has 0 saturated carbocycles. The first kappa shape index (κ1) is 15.4. The average molecular weight is 304 g/mol. The Morgan fingerprint density at radius 1 is 1.24 bits per heavy atom. The minimum Gasteiger partial charge on any atom is -0.497 e. The fourth-order valence-electron chi connectivity index (χ4n) is 2.02. The third-order valence-electron chi connectivity index (χ3n) is 3.17. The largest absolute Gasteiger partial charge is 0.497 e. The third-order valence-corrected chi connectivity index (χ3v) is 3.49. The van der Waals surface area contributed by atoms with Crippen molar-refractivity contribution in [2.45, 2.75) is 19.8 Å². The molecule has 2 aromatic carbocycles. The number of halogens is 1. The van der Waals surface area contributed by atoms with Crippen molar-refractivity contribution in [3.8, 4) is 5.75 Å². The summed E-state index contributed by atoms with van der Waals surface area (Å²) in [5.41, 5.74) is 2.78. The zero-order valence-electron chi connectivity index (χ0n) is 12.2. The van der Waals surface area contributed by atoms with Crippen LogP contribution in [0, 0.1) is 6.92 Å². The minimum absolute atomic E-state index is 0.0522. The molecule has 0 radical (unpaired) electrons. The number of rotatable bonds is 5. The lowest BCUT2D eigenvalue weighted by Crippen LogP contribution is -2.12. The van der Waals surface area contributed by atoms with Crippen LogP contribution in [0.4, 0.5) is 5.69 Å². The summed E-state index contributed by atoms with van der Waals surface area (Å²) in [5, 5.41) is 3.39. The van der Waals surface area contributed by atoms with E-state index in [-0.39, 0.29) is 5.91 Å². The molecule has 0 bridgehead atoms. The number of ether oxygens (including phenoxy) is 1. The second-order valence-corrected chi connectivity index (χ2v) is 5.29. The number of benzene rings is 2. The van der Waals surface area contributed by atoms with Crippen molar-refractivity contribution in [2.75, 3.05) is 12.4 Å². The Kier molecular flexibility index (Phi) is 5.23. The zero-order valence-corrected chi connectivity index (χ0v) is 12.9. The average Bonchev–Trinajstić information content (AvgIpc) is 2.48. The molecule has 0 unspecified atom stereocenters. The number of anilines is 1. The maximum Gasteiger partial charge on any atom is 0.224 e. The molecule has 0 fully saturated rings. The van der Waals surface area contributed by atoms with Gasteiger partial charge < -0.3 is 10.1 Å². The fourth-order valence-corrected chi connectivity index (χ4v) is 2.30. The van der Waals surface area contributed by atoms with Crippen LogP contribution >= 0.6 is 11.6 Å². The van der Waals surface area contributed by atoms with Crippen LogP contribution in [0.3, 0.4) is 0 Å². The van der Waals surface area contributed by atoms with Crippen LogP contribution in [0.2, 0.25) is 5.02 Å². The van der Waals surface area contributed by atoms with Crippen molar-refractivity contribution < 1.29 is 9.53 Å². The number of hydrogen-bond donors (Lipinski definition) is 1. The molecule has 0 aliphatic heterocycles. The Balaban J connectivity index is 1.92. The quantitative estimate of drug-likeness (QED) is 0.897. The number of nitrogens with one attached hydrogen (secondary N) is 1. The molecule has 4 heteroatoms. The van der Waals surface area contributed by atoms with E-state index in [0.29, 0.717) is 23.6 Å². The summed E-state index contributed by atoms with van der Waals surface area (Å²) in [6.07, 6.45) is 1.06. The van der Waals surface area contributed by atoms with Crippen molar-refractivity contribution in [3.63, 3.8) is 0 Å². The lowest BCUT2D eigenvalue weighted by atomic mass is 10.1. The minimum atomic E-state index is -0.0522. The third kappa shape index (κ3) is 4.50. The summed E-state index contributed by atoms with van der Waals surface area (Å²) in [7, 11) is 1.63. The molecule has 110 valence electrons. The fraction of sp³-hybridized carbons (Fsp3) is 0.235. The first-order valence-corrected chi connectivity index (χ1v) is 7.15. The van der Waals surface area contributed by atoms with E-state index >= 15 is 0 Å². The summed E-state index contributed by atoms with van der Waals surface area (Å²) in [5.74, 6) is 0.748. The van der Waals surface area contributed by atoms with Crippen molar-refractivity contribution >= 4 is 23.2 Å². The smallest absolute Gasteiger partial charge is 0.224 e. The summed E-state index contributed by atoms with van der Waals surface area (Å²) < 4.78 is 5.17. The van der Waals surface area contributed by atoms with E-state index in [0.717, 1.165) is 16.9 Å². The van der Waals surface area contributed by atoms with Gasteiger partial charge in [0, 0.05) is 6.42 Å². The Morgan fingerprint density at radius 3 is 2.76 bits per heavy atom. The second-order valence-electron chi connectivity index (χ2n) is 4.88. The molecule has 3 nitrogen and oxygen atoms in total. The van der Waals surface area contributed by atoms with Gasteiger partial charge in [-0.2, -0.15) is 0 Å². The van der Waals surface area contributed by atoms with E-state index in [9.17, 15) is 4.79 Å². The number of hydrogen-bond acceptors (Lipinski definition) is 2. The van der Waals surface area contributed by atoms with Crippen LogP contribution in [-0.4, -0.2) is 13.0 Å². The molecule has 0 spiro atoms. The monoisotopic (exact) mass is 303 g/mol. The highest BCUT2D eigenvalue weighted by molar-refractivity contribution is 6.33. The normalized spacial score (nSPS) is 10.2. The molecule has 0 aliphatic rings. The molecule has 0 atom stereocenters. The van der Waals surface area contributed by atoms with Gasteiger partial charge in [-0.3, -0.25) is 4.79 Å². The maximum absolute atomic E-state index is 12.0. The predicted molar refractivity (Wildman–Crippen MR) is 86.1 cm³/mol. The molecular formula is C17H18ClNO2. The molecule has 0 aromatic heterocycles. The van der Waals surface area contributed by atoms with E-state index in [2.05, 4.69) is 5.32 Å². The number of amides is 1. The SMILES string of the molecule is COc1cccc(CCC(=O)Nc2ccc(C)cc2Cl)c1. The summed E-state index contributed by atoms with van der Waals surface area (Å²) in [4.78, 5) is 12.0. The molecule has 2 rings (SSSR count). The molecule has 1 N–H and O–H groups in total. The highest BCUT2D eigenvalue weighted by Crippen LogP contribution is 2.23. The van der Waals surface area contributed by atoms with E-state index in [1.165, 1.54) is 0 Å². The van der Waals surface area contributed by atoms with E-state index < -0.39 is 0 Å². The van der Waals surface area contributed by atoms with Gasteiger partial charge in [-0.15, -0.1) is 0 Å². The first-order valence-electron chi connectivity index (χ1n) is 6.77. The van der Waals surface area contributed by atoms with Gasteiger partial charge in [0.1, 0.15) is 5.75 Å². The van der Waals surface area contributed by atoms with Crippen molar-refractivity contribution in [1.29, 1.82) is 0 Å². The molecule has 2 aromatic rings. The standard InChI is InChI=1S/C17H18ClNO2/c1-12-6-8-16(15(18)10-12)19-17(20)9-7-13-4-3-5-14(11-13)21-2/h3-6,8,10-11H,7,9H2,1-2H3,(H,19,20). The van der Waals surface area contributed by atoms with Crippen LogP contribution in [-0.2, 0) is 11.2 Å². The van der Waals surface area contributed by atoms with Crippen LogP contribution < -0.4 is 10.1 Å². The number of methoxy groups -OCH3 is 1. The summed E-state index contributed by atoms with van der Waals surface area (Å²) in [6.45, 7) is 1.96. The first-order chi connectivity index (χ1) is 10.1. The van der Waals surface area contributed by atoms with Gasteiger partial charge >= 0.3 is 0 Å². The second kappa shape index (κ2) is 7.14. The van der Waals surface area contributed by atoms with Gasteiger partial charge in [0.15, 0.2) is 0 Å². The van der Waals surface area contributed by atoms with Crippen LogP contribution in [0.25, 0.3) is 0 Å². The van der Waals surface area contributed by atoms with Gasteiger partial charge in [-0.1, -0.05) is 29.8 Å². The van der Waals surface area contributed by atoms with Gasteiger partial charge in [0.2, 0.25) is 5.91 Å². The van der Waals surface area contributed by atoms with E-state index in [4.69, 9.17) is 16.3 Å². The van der Waals surface area contributed by atoms with Gasteiger partial charge in [0.25, 0.3) is 0 Å². The van der Waals surface area contributed by atoms with Crippen molar-refractivity contribution in [3.05, 3.63) is 58.6 Å². The Bertz CT molecular complexity index is 640. The topological polar surface area (TPSA) is 38.3 Å². The van der Waals surface area contributed by atoms with E-state index in [1.54, 1.807) is 7.11 Å². The van der Waals surface area contributed by atoms with Crippen LogP contribution in [0.5, 0.6) is 5.75 Å². The van der Waals surface area contributed by atoms with Gasteiger partial charge in [-0.25, -0.2) is 0 Å². The molecule has 0 heterocycles. The Morgan fingerprint density at radius 2 is 2.05 bits per heavy atom. The Labute approximate surface area is 129 Å². The van der Waals surface area contributed by atoms with Gasteiger partial charge in [0.05, 0.1) is 17.8 Å². The zero-order chi connectivity index (χ0) is 15.2. The highest BCUT2D eigenvalue weighted by Gasteiger charge is 2.07. The molecular weight excluding hydrogens is 286 g/mol. The lowest BCUT2D eigenvalue weighted by molar-refractivity contribution is -0.116. The highest BCUT2D eigenvalue weighted by atomic mass is 35.5. The van der Waals surface area contributed by atoms with Crippen LogP contribution in [0.15, 0.2) is 42.5 Å². The van der Waals surface area contributed by atoms with Crippen molar-refractivity contribution in [1.82, 2.24) is 0 Å². The number of aryl methyl sites for hydroxylation is 2. The summed E-state index contributed by atoms with van der Waals surface area (Å²) in [6, 6.07) is 13.3. The lowest BCUT2D eigenvalue weighted by Gasteiger charge is -2.08. The van der Waals surface area contributed by atoms with Crippen LogP contribution in [0.1, 0.15) is 17.5 Å². The van der Waals surface area contributed by atoms with Crippen molar-refractivity contribution in [2.24, 2.45) is 0 Å². The Hall–Kier alpha value is -2.00. The number of carbonyl (C=O) groups is 1. The molecule has 0 saturated heterocycles. The molecule has 21 heavy (non-hydrogen) atoms. The van der Waals surface area contributed by atoms with Gasteiger partial charge in [-0.05, 0) is 48.7 Å². The molecule has 1 amide bonds. The van der Waals surface area contributed by atoms with E-state index in [1.807, 2.05) is 49.4 Å².